The summed E-state index contributed by atoms with van der Waals surface area (Å²) >= 11 is 0. The number of fused-ring (bicyclic) bond motifs is 6. The van der Waals surface area contributed by atoms with Crippen molar-refractivity contribution < 1.29 is 29.0 Å². The summed E-state index contributed by atoms with van der Waals surface area (Å²) in [5, 5.41) is 11.5. The predicted octanol–water partition coefficient (Wildman–Crippen LogP) is 6.66. The summed E-state index contributed by atoms with van der Waals surface area (Å²) in [4.78, 5) is 67.7. The van der Waals surface area contributed by atoms with Crippen molar-refractivity contribution in [1.82, 2.24) is 15.3 Å². The first-order valence-corrected chi connectivity index (χ1v) is 18.5. The second-order valence-corrected chi connectivity index (χ2v) is 14.6. The number of Topliss-reactive ketones (excluding diaryl/α,β-unsaturated/α-hetero) is 2. The Morgan fingerprint density at radius 2 is 1.80 bits per heavy atom. The molecular formula is C40H51N5O6. The lowest BCUT2D eigenvalue weighted by atomic mass is 9.81. The number of nitrogens with one attached hydrogen (secondary N) is 3. The number of carbonyl (C=O) groups excluding carboxylic acids is 3. The number of ketones is 2. The molecule has 11 nitrogen and oxygen atoms in total. The Bertz CT molecular complexity index is 1900. The molecule has 5 atom stereocenters. The number of aromatic nitrogens is 2. The molecule has 1 aliphatic carbocycles. The third kappa shape index (κ3) is 6.97. The van der Waals surface area contributed by atoms with E-state index in [-0.39, 0.29) is 73.1 Å². The second kappa shape index (κ2) is 14.7. The zero-order valence-corrected chi connectivity index (χ0v) is 30.9. The predicted molar refractivity (Wildman–Crippen MR) is 196 cm³/mol. The molecular weight excluding hydrogens is 646 g/mol. The van der Waals surface area contributed by atoms with Crippen LogP contribution in [0.3, 0.4) is 0 Å². The van der Waals surface area contributed by atoms with Crippen molar-refractivity contribution >= 4 is 40.9 Å². The van der Waals surface area contributed by atoms with E-state index in [0.717, 1.165) is 74.3 Å². The van der Waals surface area contributed by atoms with Crippen LogP contribution in [0.5, 0.6) is 0 Å². The largest absolute Gasteiger partial charge is 0.481 e. The molecule has 1 amide bonds. The summed E-state index contributed by atoms with van der Waals surface area (Å²) in [6, 6.07) is 0. The van der Waals surface area contributed by atoms with E-state index in [2.05, 4.69) is 56.0 Å². The molecule has 3 aliphatic heterocycles. The SMILES string of the molecule is CCOC(C)c1c2[nH]c(c1C)C=C1N=C(C3CC(=O)c4c3[nH]c(c4C)CC3=NC(=C(C)C3CC)C2)[C@@H](CCC(=O)NCC(=O)CCC(=O)O)[C@@H]1C. The van der Waals surface area contributed by atoms with Crippen molar-refractivity contribution in [2.45, 2.75) is 112 Å². The molecule has 4 N–H and O–H groups in total. The van der Waals surface area contributed by atoms with Gasteiger partial charge in [-0.1, -0.05) is 13.8 Å². The molecule has 5 heterocycles. The summed E-state index contributed by atoms with van der Waals surface area (Å²) in [6.07, 6.45) is 4.85. The minimum atomic E-state index is -1.05. The van der Waals surface area contributed by atoms with Crippen molar-refractivity contribution in [3.05, 3.63) is 62.0 Å². The van der Waals surface area contributed by atoms with Crippen molar-refractivity contribution in [2.24, 2.45) is 27.7 Å². The van der Waals surface area contributed by atoms with E-state index in [4.69, 9.17) is 19.8 Å². The minimum absolute atomic E-state index is 0.0360. The van der Waals surface area contributed by atoms with E-state index in [1.54, 1.807) is 0 Å². The van der Waals surface area contributed by atoms with E-state index in [1.165, 1.54) is 5.57 Å². The van der Waals surface area contributed by atoms with E-state index in [0.29, 0.717) is 32.3 Å². The van der Waals surface area contributed by atoms with Gasteiger partial charge in [0.25, 0.3) is 0 Å². The Morgan fingerprint density at radius 1 is 1.04 bits per heavy atom. The summed E-state index contributed by atoms with van der Waals surface area (Å²) in [6.45, 7) is 15.2. The van der Waals surface area contributed by atoms with E-state index in [9.17, 15) is 19.2 Å². The maximum atomic E-state index is 13.7. The third-order valence-corrected chi connectivity index (χ3v) is 11.6. The van der Waals surface area contributed by atoms with Crippen molar-refractivity contribution in [3.8, 4) is 0 Å². The number of carbonyl (C=O) groups is 4. The Balaban J connectivity index is 1.40. The summed E-state index contributed by atoms with van der Waals surface area (Å²) < 4.78 is 6.15. The number of H-pyrrole nitrogens is 2. The molecule has 0 saturated carbocycles. The molecule has 51 heavy (non-hydrogen) atoms. The third-order valence-electron chi connectivity index (χ3n) is 11.6. The lowest BCUT2D eigenvalue weighted by Gasteiger charge is -2.22. The van der Waals surface area contributed by atoms with Crippen LogP contribution in [0, 0.1) is 31.6 Å². The number of amides is 1. The fourth-order valence-corrected chi connectivity index (χ4v) is 8.74. The fourth-order valence-electron chi connectivity index (χ4n) is 8.74. The summed E-state index contributed by atoms with van der Waals surface area (Å²) in [5.74, 6) is -1.67. The van der Waals surface area contributed by atoms with Gasteiger partial charge in [0.15, 0.2) is 11.6 Å². The minimum Gasteiger partial charge on any atom is -0.481 e. The number of ether oxygens (including phenoxy) is 1. The highest BCUT2D eigenvalue weighted by Crippen LogP contribution is 2.46. The molecule has 8 bridgehead atoms. The van der Waals surface area contributed by atoms with Gasteiger partial charge < -0.3 is 25.1 Å². The van der Waals surface area contributed by atoms with Gasteiger partial charge in [0.05, 0.1) is 19.1 Å². The van der Waals surface area contributed by atoms with Gasteiger partial charge in [0, 0.05) is 119 Å². The lowest BCUT2D eigenvalue weighted by molar-refractivity contribution is -0.138. The van der Waals surface area contributed by atoms with Crippen LogP contribution in [-0.2, 0) is 32.0 Å². The van der Waals surface area contributed by atoms with Crippen LogP contribution < -0.4 is 5.32 Å². The highest BCUT2D eigenvalue weighted by Gasteiger charge is 2.44. The maximum Gasteiger partial charge on any atom is 0.303 e. The van der Waals surface area contributed by atoms with Gasteiger partial charge in [-0.25, -0.2) is 0 Å². The normalized spacial score (nSPS) is 23.0. The fraction of sp³-hybridized carbons (Fsp3) is 0.550. The van der Waals surface area contributed by atoms with Gasteiger partial charge in [-0.2, -0.15) is 0 Å². The highest BCUT2D eigenvalue weighted by molar-refractivity contribution is 6.11. The summed E-state index contributed by atoms with van der Waals surface area (Å²) in [7, 11) is 0. The second-order valence-electron chi connectivity index (χ2n) is 14.6. The monoisotopic (exact) mass is 697 g/mol. The Labute approximate surface area is 299 Å². The van der Waals surface area contributed by atoms with E-state index in [1.807, 2.05) is 13.8 Å². The quantitative estimate of drug-likeness (QED) is 0.194. The number of aliphatic carboxylic acids is 1. The van der Waals surface area contributed by atoms with Crippen LogP contribution in [0.1, 0.15) is 135 Å². The van der Waals surface area contributed by atoms with E-state index >= 15 is 0 Å². The van der Waals surface area contributed by atoms with Gasteiger partial charge in [-0.3, -0.25) is 29.2 Å². The average Bonchev–Trinajstić information content (AvgIpc) is 3.84. The first-order chi connectivity index (χ1) is 24.3. The number of nitrogens with zero attached hydrogens (tertiary/aromatic N) is 2. The molecule has 4 aliphatic rings. The molecule has 0 saturated heterocycles. The topological polar surface area (TPSA) is 166 Å². The molecule has 0 fully saturated rings. The Morgan fingerprint density at radius 3 is 2.51 bits per heavy atom. The number of allylic oxidation sites excluding steroid dienone is 3. The van der Waals surface area contributed by atoms with Crippen LogP contribution in [0.2, 0.25) is 0 Å². The zero-order chi connectivity index (χ0) is 36.7. The smallest absolute Gasteiger partial charge is 0.303 e. The van der Waals surface area contributed by atoms with Crippen LogP contribution in [0.4, 0.5) is 0 Å². The maximum absolute atomic E-state index is 13.7. The van der Waals surface area contributed by atoms with Crippen LogP contribution in [0.15, 0.2) is 27.0 Å². The standard InChI is InChI=1S/C40H51N5O6/c1-8-25-19(3)28-17-33-37(23(7)51-9-2)21(5)30(43-33)15-29-20(4)26(11-12-35(48)41-18-24(46)10-13-36(49)50)39(44-29)27-14-34(47)38-22(6)31(45-40(27)38)16-32(25)42-28/h15,20,23,25-27,43,45H,8-14,16-18H2,1-7H3,(H,41,48)(H,49,50)/t20-,23?,25?,26-,27?/m0/s1. The van der Waals surface area contributed by atoms with Gasteiger partial charge in [0.2, 0.25) is 5.91 Å². The average molecular weight is 698 g/mol. The number of hydrogen-bond donors (Lipinski definition) is 4. The Kier molecular flexibility index (Phi) is 10.5. The highest BCUT2D eigenvalue weighted by atomic mass is 16.5. The molecule has 2 aromatic heterocycles. The van der Waals surface area contributed by atoms with Crippen molar-refractivity contribution in [2.75, 3.05) is 13.2 Å². The lowest BCUT2D eigenvalue weighted by Crippen LogP contribution is -2.31. The molecule has 0 spiro atoms. The molecule has 11 heteroatoms. The van der Waals surface area contributed by atoms with Gasteiger partial charge in [-0.15, -0.1) is 0 Å². The Hall–Kier alpha value is -4.38. The molecule has 0 aromatic carbocycles. The number of carboxylic acid groups (broad SMARTS) is 1. The molecule has 272 valence electrons. The number of rotatable bonds is 12. The molecule has 3 unspecified atom stereocenters. The van der Waals surface area contributed by atoms with Crippen LogP contribution in [-0.4, -0.2) is 63.1 Å². The number of carboxylic acids is 1. The molecule has 0 radical (unpaired) electrons. The van der Waals surface area contributed by atoms with Gasteiger partial charge >= 0.3 is 5.97 Å². The zero-order valence-electron chi connectivity index (χ0n) is 30.9. The van der Waals surface area contributed by atoms with Gasteiger partial charge in [-0.05, 0) is 70.2 Å². The number of aliphatic imine (C=N–C) groups is 2. The van der Waals surface area contributed by atoms with Crippen LogP contribution >= 0.6 is 0 Å². The number of aromatic amines is 2. The summed E-state index contributed by atoms with van der Waals surface area (Å²) in [5.41, 5.74) is 13.3. The van der Waals surface area contributed by atoms with Gasteiger partial charge in [0.1, 0.15) is 0 Å². The molecule has 6 rings (SSSR count). The number of hydrogen-bond acceptors (Lipinski definition) is 7. The first-order valence-electron chi connectivity index (χ1n) is 18.5. The van der Waals surface area contributed by atoms with Crippen LogP contribution in [0.25, 0.3) is 6.08 Å². The van der Waals surface area contributed by atoms with Crippen molar-refractivity contribution in [1.29, 1.82) is 0 Å². The van der Waals surface area contributed by atoms with E-state index < -0.39 is 5.97 Å². The molecule has 2 aromatic rings. The first kappa shape index (κ1) is 36.4. The van der Waals surface area contributed by atoms with Crippen molar-refractivity contribution in [3.63, 3.8) is 0 Å².